The van der Waals surface area contributed by atoms with Crippen molar-refractivity contribution >= 4 is 28.3 Å². The fraction of sp³-hybridized carbons (Fsp3) is 0.333. The Kier molecular flexibility index (Phi) is 4.26. The molecule has 0 bridgehead atoms. The van der Waals surface area contributed by atoms with Crippen LogP contribution in [-0.4, -0.2) is 16.6 Å². The zero-order chi connectivity index (χ0) is 16.4. The average molecular weight is 344 g/mol. The van der Waals surface area contributed by atoms with Gasteiger partial charge in [-0.05, 0) is 54.6 Å². The van der Waals surface area contributed by atoms with Crippen molar-refractivity contribution in [2.75, 3.05) is 11.9 Å². The lowest BCUT2D eigenvalue weighted by molar-refractivity contribution is 0.182. The Morgan fingerprint density at radius 2 is 2.12 bits per heavy atom. The van der Waals surface area contributed by atoms with Gasteiger partial charge in [0, 0.05) is 5.39 Å². The lowest BCUT2D eigenvalue weighted by Gasteiger charge is -2.25. The predicted molar refractivity (Wildman–Crippen MR) is 93.4 cm³/mol. The van der Waals surface area contributed by atoms with E-state index in [0.29, 0.717) is 18.3 Å². The maximum atomic E-state index is 6.12. The fourth-order valence-corrected chi connectivity index (χ4v) is 2.97. The first-order valence-electron chi connectivity index (χ1n) is 8.15. The Morgan fingerprint density at radius 1 is 1.21 bits per heavy atom. The second-order valence-electron chi connectivity index (χ2n) is 6.03. The van der Waals surface area contributed by atoms with Gasteiger partial charge in [-0.15, -0.1) is 0 Å². The lowest BCUT2D eigenvalue weighted by Crippen LogP contribution is -2.19. The van der Waals surface area contributed by atoms with Crippen molar-refractivity contribution in [1.82, 2.24) is 9.97 Å². The Balaban J connectivity index is 1.61. The zero-order valence-corrected chi connectivity index (χ0v) is 13.9. The Bertz CT molecular complexity index is 832. The number of para-hydroxylation sites is 1. The van der Waals surface area contributed by atoms with Crippen LogP contribution in [0.15, 0.2) is 41.0 Å². The fourth-order valence-electron chi connectivity index (χ4n) is 2.80. The maximum absolute atomic E-state index is 6.12. The molecule has 0 saturated heterocycles. The van der Waals surface area contributed by atoms with E-state index in [1.807, 2.05) is 30.3 Å². The second-order valence-corrected chi connectivity index (χ2v) is 6.37. The molecule has 124 valence electrons. The van der Waals surface area contributed by atoms with E-state index in [1.54, 1.807) is 6.26 Å². The topological polar surface area (TPSA) is 60.2 Å². The van der Waals surface area contributed by atoms with Gasteiger partial charge in [-0.3, -0.25) is 0 Å². The normalized spacial score (nSPS) is 14.5. The number of fused-ring (bicyclic) bond motifs is 1. The van der Waals surface area contributed by atoms with Crippen molar-refractivity contribution in [3.8, 4) is 5.75 Å². The van der Waals surface area contributed by atoms with Gasteiger partial charge < -0.3 is 14.5 Å². The molecule has 5 nitrogen and oxygen atoms in total. The molecule has 1 N–H and O–H groups in total. The van der Waals surface area contributed by atoms with Gasteiger partial charge in [-0.2, -0.15) is 0 Å². The summed E-state index contributed by atoms with van der Waals surface area (Å²) in [7, 11) is 0. The molecule has 1 aliphatic carbocycles. The molecule has 3 aromatic rings. The molecule has 0 unspecified atom stereocenters. The standard InChI is InChI=1S/C18H18ClN3O2/c19-18-21-16-14(17(22-18)20-10-13-6-3-9-23-13)7-2-8-15(16)24-11-12-4-1-5-12/h2-3,6-9,12H,1,4-5,10-11H2,(H,20,21,22). The largest absolute Gasteiger partial charge is 0.491 e. The SMILES string of the molecule is Clc1nc(NCc2ccco2)c2cccc(OCC3CCC3)c2n1. The minimum atomic E-state index is 0.198. The predicted octanol–water partition coefficient (Wildman–Crippen LogP) is 4.67. The van der Waals surface area contributed by atoms with Crippen LogP contribution in [0.5, 0.6) is 5.75 Å². The molecule has 1 aliphatic rings. The lowest BCUT2D eigenvalue weighted by atomic mass is 9.86. The van der Waals surface area contributed by atoms with Gasteiger partial charge in [0.2, 0.25) is 5.28 Å². The summed E-state index contributed by atoms with van der Waals surface area (Å²) in [5.74, 6) is 2.92. The summed E-state index contributed by atoms with van der Waals surface area (Å²) < 4.78 is 11.3. The minimum Gasteiger partial charge on any atom is -0.491 e. The van der Waals surface area contributed by atoms with E-state index >= 15 is 0 Å². The summed E-state index contributed by atoms with van der Waals surface area (Å²) in [5, 5.41) is 4.34. The number of anilines is 1. The third kappa shape index (κ3) is 3.17. The molecule has 0 spiro atoms. The van der Waals surface area contributed by atoms with Gasteiger partial charge in [0.1, 0.15) is 22.8 Å². The molecule has 2 aromatic heterocycles. The number of ether oxygens (including phenoxy) is 1. The average Bonchev–Trinajstić information content (AvgIpc) is 3.05. The molecule has 1 aromatic carbocycles. The summed E-state index contributed by atoms with van der Waals surface area (Å²) in [6, 6.07) is 9.61. The number of furan rings is 1. The van der Waals surface area contributed by atoms with Crippen LogP contribution in [0.3, 0.4) is 0 Å². The number of benzene rings is 1. The summed E-state index contributed by atoms with van der Waals surface area (Å²) >= 11 is 6.12. The number of hydrogen-bond acceptors (Lipinski definition) is 5. The first kappa shape index (κ1) is 15.3. The van der Waals surface area contributed by atoms with Crippen LogP contribution in [0.4, 0.5) is 5.82 Å². The molecule has 4 rings (SSSR count). The molecule has 0 atom stereocenters. The molecule has 0 amide bonds. The number of nitrogens with one attached hydrogen (secondary N) is 1. The quantitative estimate of drug-likeness (QED) is 0.659. The summed E-state index contributed by atoms with van der Waals surface area (Å²) in [6.45, 7) is 1.26. The zero-order valence-electron chi connectivity index (χ0n) is 13.2. The van der Waals surface area contributed by atoms with Crippen molar-refractivity contribution in [2.45, 2.75) is 25.8 Å². The number of halogens is 1. The molecule has 1 saturated carbocycles. The van der Waals surface area contributed by atoms with Gasteiger partial charge in [-0.1, -0.05) is 12.5 Å². The van der Waals surface area contributed by atoms with Crippen LogP contribution in [0.25, 0.3) is 10.9 Å². The molecule has 1 fully saturated rings. The van der Waals surface area contributed by atoms with Crippen LogP contribution in [0.2, 0.25) is 5.28 Å². The van der Waals surface area contributed by atoms with Crippen LogP contribution < -0.4 is 10.1 Å². The number of aromatic nitrogens is 2. The van der Waals surface area contributed by atoms with E-state index < -0.39 is 0 Å². The van der Waals surface area contributed by atoms with Crippen molar-refractivity contribution in [1.29, 1.82) is 0 Å². The highest BCUT2D eigenvalue weighted by Gasteiger charge is 2.19. The van der Waals surface area contributed by atoms with Crippen molar-refractivity contribution < 1.29 is 9.15 Å². The number of hydrogen-bond donors (Lipinski definition) is 1. The summed E-state index contributed by atoms with van der Waals surface area (Å²) in [4.78, 5) is 8.68. The van der Waals surface area contributed by atoms with Gasteiger partial charge in [0.25, 0.3) is 0 Å². The van der Waals surface area contributed by atoms with Crippen LogP contribution >= 0.6 is 11.6 Å². The Hall–Kier alpha value is -2.27. The van der Waals surface area contributed by atoms with E-state index in [9.17, 15) is 0 Å². The Morgan fingerprint density at radius 3 is 2.88 bits per heavy atom. The summed E-state index contributed by atoms with van der Waals surface area (Å²) in [5.41, 5.74) is 0.735. The number of rotatable bonds is 6. The van der Waals surface area contributed by atoms with E-state index in [1.165, 1.54) is 19.3 Å². The van der Waals surface area contributed by atoms with Crippen molar-refractivity contribution in [3.05, 3.63) is 47.6 Å². The second kappa shape index (κ2) is 6.69. The smallest absolute Gasteiger partial charge is 0.225 e. The van der Waals surface area contributed by atoms with Gasteiger partial charge in [0.15, 0.2) is 0 Å². The van der Waals surface area contributed by atoms with Crippen LogP contribution in [0.1, 0.15) is 25.0 Å². The highest BCUT2D eigenvalue weighted by atomic mass is 35.5. The molecule has 24 heavy (non-hydrogen) atoms. The van der Waals surface area contributed by atoms with Crippen molar-refractivity contribution in [2.24, 2.45) is 5.92 Å². The highest BCUT2D eigenvalue weighted by molar-refractivity contribution is 6.29. The third-order valence-electron chi connectivity index (χ3n) is 4.37. The first-order valence-corrected chi connectivity index (χ1v) is 8.53. The van der Waals surface area contributed by atoms with Gasteiger partial charge in [0.05, 0.1) is 19.4 Å². The number of nitrogens with zero attached hydrogens (tertiary/aromatic N) is 2. The van der Waals surface area contributed by atoms with Crippen molar-refractivity contribution in [3.63, 3.8) is 0 Å². The molecular formula is C18H18ClN3O2. The highest BCUT2D eigenvalue weighted by Crippen LogP contribution is 2.32. The van der Waals surface area contributed by atoms with E-state index in [-0.39, 0.29) is 5.28 Å². The minimum absolute atomic E-state index is 0.198. The monoisotopic (exact) mass is 343 g/mol. The molecule has 0 aliphatic heterocycles. The van der Waals surface area contributed by atoms with E-state index in [0.717, 1.165) is 29.0 Å². The van der Waals surface area contributed by atoms with Crippen LogP contribution in [-0.2, 0) is 6.54 Å². The van der Waals surface area contributed by atoms with Gasteiger partial charge in [-0.25, -0.2) is 9.97 Å². The molecular weight excluding hydrogens is 326 g/mol. The molecule has 6 heteroatoms. The first-order chi connectivity index (χ1) is 11.8. The van der Waals surface area contributed by atoms with E-state index in [2.05, 4.69) is 15.3 Å². The van der Waals surface area contributed by atoms with Crippen LogP contribution in [0, 0.1) is 5.92 Å². The maximum Gasteiger partial charge on any atom is 0.225 e. The molecule has 2 heterocycles. The van der Waals surface area contributed by atoms with Gasteiger partial charge >= 0.3 is 0 Å². The molecule has 0 radical (unpaired) electrons. The summed E-state index contributed by atoms with van der Waals surface area (Å²) in [6.07, 6.45) is 5.44. The Labute approximate surface area is 145 Å². The third-order valence-corrected chi connectivity index (χ3v) is 4.54. The van der Waals surface area contributed by atoms with E-state index in [4.69, 9.17) is 20.8 Å².